The van der Waals surface area contributed by atoms with Crippen molar-refractivity contribution in [2.75, 3.05) is 14.2 Å². The summed E-state index contributed by atoms with van der Waals surface area (Å²) >= 11 is 0. The van der Waals surface area contributed by atoms with Gasteiger partial charge in [0.05, 0.1) is 32.8 Å². The zero-order chi connectivity index (χ0) is 25.4. The van der Waals surface area contributed by atoms with E-state index in [0.717, 1.165) is 16.7 Å². The number of carboxylic acid groups (broad SMARTS) is 1. The van der Waals surface area contributed by atoms with E-state index in [9.17, 15) is 15.0 Å². The van der Waals surface area contributed by atoms with E-state index in [4.69, 9.17) is 14.6 Å². The van der Waals surface area contributed by atoms with Gasteiger partial charge in [0.2, 0.25) is 0 Å². The number of allylic oxidation sites excluding steroid dienone is 2. The zero-order valence-corrected chi connectivity index (χ0v) is 19.7. The van der Waals surface area contributed by atoms with E-state index in [1.54, 1.807) is 27.3 Å². The molecule has 0 spiro atoms. The first kappa shape index (κ1) is 25.6. The molecule has 10 nitrogen and oxygen atoms in total. The molecule has 2 unspecified atom stereocenters. The summed E-state index contributed by atoms with van der Waals surface area (Å²) in [5, 5.41) is 41.1. The maximum atomic E-state index is 10.8. The molecular weight excluding hydrogens is 452 g/mol. The number of nitrogens with zero attached hydrogens (tertiary/aromatic N) is 4. The molecule has 3 rings (SSSR count). The molecule has 0 saturated carbocycles. The van der Waals surface area contributed by atoms with Gasteiger partial charge in [-0.3, -0.25) is 4.79 Å². The molecule has 2 aromatic carbocycles. The monoisotopic (exact) mass is 480 g/mol. The zero-order valence-electron chi connectivity index (χ0n) is 19.7. The van der Waals surface area contributed by atoms with Crippen molar-refractivity contribution >= 4 is 17.1 Å². The summed E-state index contributed by atoms with van der Waals surface area (Å²) in [6, 6.07) is 15.0. The van der Waals surface area contributed by atoms with Gasteiger partial charge in [0.15, 0.2) is 5.82 Å². The SMILES string of the molecule is COc1ccc(C(=C(/C=C/C(O)CC(O)CC(=O)O)c2nnnn2C)c2ccc(OC)cc2)cc1. The molecule has 0 radical (unpaired) electrons. The number of aryl methyl sites for hydroxylation is 1. The third kappa shape index (κ3) is 6.75. The molecule has 3 aromatic rings. The molecule has 1 heterocycles. The Labute approximate surface area is 202 Å². The van der Waals surface area contributed by atoms with Gasteiger partial charge in [-0.15, -0.1) is 5.10 Å². The molecular formula is C25H28N4O6. The van der Waals surface area contributed by atoms with E-state index in [1.807, 2.05) is 48.5 Å². The number of ether oxygens (including phenoxy) is 2. The molecule has 1 aromatic heterocycles. The van der Waals surface area contributed by atoms with Gasteiger partial charge in [-0.05, 0) is 51.4 Å². The van der Waals surface area contributed by atoms with Crippen LogP contribution in [0.4, 0.5) is 0 Å². The average molecular weight is 481 g/mol. The second kappa shape index (κ2) is 11.9. The topological polar surface area (TPSA) is 140 Å². The number of methoxy groups -OCH3 is 2. The second-order valence-electron chi connectivity index (χ2n) is 7.79. The van der Waals surface area contributed by atoms with Crippen LogP contribution < -0.4 is 9.47 Å². The summed E-state index contributed by atoms with van der Waals surface area (Å²) < 4.78 is 12.1. The van der Waals surface area contributed by atoms with Crippen LogP contribution in [-0.4, -0.2) is 67.9 Å². The minimum Gasteiger partial charge on any atom is -0.497 e. The van der Waals surface area contributed by atoms with Crippen molar-refractivity contribution < 1.29 is 29.6 Å². The lowest BCUT2D eigenvalue weighted by atomic mass is 9.91. The van der Waals surface area contributed by atoms with E-state index >= 15 is 0 Å². The predicted octanol–water partition coefficient (Wildman–Crippen LogP) is 2.33. The van der Waals surface area contributed by atoms with Crippen LogP contribution >= 0.6 is 0 Å². The lowest BCUT2D eigenvalue weighted by molar-refractivity contribution is -0.139. The second-order valence-corrected chi connectivity index (χ2v) is 7.79. The maximum Gasteiger partial charge on any atom is 0.305 e. The smallest absolute Gasteiger partial charge is 0.305 e. The largest absolute Gasteiger partial charge is 0.497 e. The van der Waals surface area contributed by atoms with Crippen LogP contribution in [0.15, 0.2) is 60.7 Å². The number of aliphatic carboxylic acids is 1. The summed E-state index contributed by atoms with van der Waals surface area (Å²) in [5.74, 6) is 0.702. The number of aliphatic hydroxyl groups excluding tert-OH is 2. The summed E-state index contributed by atoms with van der Waals surface area (Å²) in [4.78, 5) is 10.8. The van der Waals surface area contributed by atoms with E-state index in [1.165, 1.54) is 10.8 Å². The quantitative estimate of drug-likeness (QED) is 0.353. The van der Waals surface area contributed by atoms with Crippen LogP contribution in [0, 0.1) is 0 Å². The molecule has 0 aliphatic rings. The Morgan fingerprint density at radius 2 is 1.54 bits per heavy atom. The molecule has 0 saturated heterocycles. The summed E-state index contributed by atoms with van der Waals surface area (Å²) in [6.45, 7) is 0. The van der Waals surface area contributed by atoms with E-state index in [0.29, 0.717) is 22.9 Å². The van der Waals surface area contributed by atoms with Gasteiger partial charge in [-0.25, -0.2) is 4.68 Å². The number of aliphatic hydroxyl groups is 2. The number of carbonyl (C=O) groups is 1. The first-order valence-electron chi connectivity index (χ1n) is 10.8. The van der Waals surface area contributed by atoms with Gasteiger partial charge in [-0.1, -0.05) is 36.4 Å². The molecule has 35 heavy (non-hydrogen) atoms. The first-order valence-corrected chi connectivity index (χ1v) is 10.8. The summed E-state index contributed by atoms with van der Waals surface area (Å²) in [6.07, 6.45) is 0.305. The molecule has 0 amide bonds. The normalized spacial score (nSPS) is 12.8. The van der Waals surface area contributed by atoms with Crippen molar-refractivity contribution in [3.8, 4) is 11.5 Å². The van der Waals surface area contributed by atoms with Crippen molar-refractivity contribution in [2.24, 2.45) is 7.05 Å². The number of benzene rings is 2. The van der Waals surface area contributed by atoms with Crippen molar-refractivity contribution in [3.63, 3.8) is 0 Å². The fraction of sp³-hybridized carbons (Fsp3) is 0.280. The van der Waals surface area contributed by atoms with Gasteiger partial charge in [0.1, 0.15) is 11.5 Å². The van der Waals surface area contributed by atoms with E-state index in [-0.39, 0.29) is 6.42 Å². The fourth-order valence-corrected chi connectivity index (χ4v) is 3.57. The Morgan fingerprint density at radius 1 is 1.00 bits per heavy atom. The van der Waals surface area contributed by atoms with Gasteiger partial charge >= 0.3 is 5.97 Å². The standard InChI is InChI=1S/C25H28N4O6/c1-29-25(26-27-28-29)22(13-8-18(30)14-19(31)15-23(32)33)24(16-4-9-20(34-2)10-5-16)17-6-11-21(35-3)12-7-17/h4-13,18-19,30-31H,14-15H2,1-3H3,(H,32,33)/b13-8+. The molecule has 0 aliphatic carbocycles. The van der Waals surface area contributed by atoms with Crippen molar-refractivity contribution in [1.82, 2.24) is 20.2 Å². The first-order chi connectivity index (χ1) is 16.8. The number of aromatic nitrogens is 4. The van der Waals surface area contributed by atoms with Gasteiger partial charge in [0, 0.05) is 19.0 Å². The Balaban J connectivity index is 2.15. The number of carboxylic acids is 1. The van der Waals surface area contributed by atoms with Crippen molar-refractivity contribution in [3.05, 3.63) is 77.6 Å². The molecule has 2 atom stereocenters. The molecule has 0 bridgehead atoms. The van der Waals surface area contributed by atoms with Gasteiger partial charge in [0.25, 0.3) is 0 Å². The van der Waals surface area contributed by atoms with Crippen LogP contribution in [0.2, 0.25) is 0 Å². The van der Waals surface area contributed by atoms with Crippen molar-refractivity contribution in [2.45, 2.75) is 25.0 Å². The Kier molecular flexibility index (Phi) is 8.71. The van der Waals surface area contributed by atoms with Gasteiger partial charge < -0.3 is 24.8 Å². The van der Waals surface area contributed by atoms with E-state index < -0.39 is 24.6 Å². The lowest BCUT2D eigenvalue weighted by Crippen LogP contribution is -2.19. The highest BCUT2D eigenvalue weighted by Gasteiger charge is 2.19. The van der Waals surface area contributed by atoms with Crippen molar-refractivity contribution in [1.29, 1.82) is 0 Å². The highest BCUT2D eigenvalue weighted by molar-refractivity contribution is 6.01. The molecule has 184 valence electrons. The average Bonchev–Trinajstić information content (AvgIpc) is 3.27. The number of hydrogen-bond acceptors (Lipinski definition) is 8. The van der Waals surface area contributed by atoms with E-state index in [2.05, 4.69) is 15.5 Å². The van der Waals surface area contributed by atoms with Crippen LogP contribution in [0.5, 0.6) is 11.5 Å². The summed E-state index contributed by atoms with van der Waals surface area (Å²) in [7, 11) is 4.89. The lowest BCUT2D eigenvalue weighted by Gasteiger charge is -2.15. The van der Waals surface area contributed by atoms with Crippen LogP contribution in [0.3, 0.4) is 0 Å². The highest BCUT2D eigenvalue weighted by Crippen LogP contribution is 2.34. The fourth-order valence-electron chi connectivity index (χ4n) is 3.57. The molecule has 10 heteroatoms. The number of hydrogen-bond donors (Lipinski definition) is 3. The maximum absolute atomic E-state index is 10.8. The Morgan fingerprint density at radius 3 is 1.97 bits per heavy atom. The molecule has 0 aliphatic heterocycles. The summed E-state index contributed by atoms with van der Waals surface area (Å²) in [5.41, 5.74) is 3.08. The third-order valence-corrected chi connectivity index (χ3v) is 5.30. The highest BCUT2D eigenvalue weighted by atomic mass is 16.5. The number of rotatable bonds is 11. The Hall–Kier alpha value is -4.02. The minimum atomic E-state index is -1.18. The van der Waals surface area contributed by atoms with Gasteiger partial charge in [-0.2, -0.15) is 0 Å². The molecule has 3 N–H and O–H groups in total. The number of tetrazole rings is 1. The minimum absolute atomic E-state index is 0.131. The van der Waals surface area contributed by atoms with Crippen LogP contribution in [0.1, 0.15) is 29.8 Å². The molecule has 0 fully saturated rings. The third-order valence-electron chi connectivity index (χ3n) is 5.30. The van der Waals surface area contributed by atoms with Crippen LogP contribution in [0.25, 0.3) is 11.1 Å². The predicted molar refractivity (Wildman–Crippen MR) is 129 cm³/mol. The Bertz CT molecular complexity index is 1140. The van der Waals surface area contributed by atoms with Crippen LogP contribution in [-0.2, 0) is 11.8 Å².